The summed E-state index contributed by atoms with van der Waals surface area (Å²) in [6, 6.07) is 13.8. The molecule has 4 rings (SSSR count). The van der Waals surface area contributed by atoms with Crippen LogP contribution in [0.1, 0.15) is 19.3 Å². The Labute approximate surface area is 170 Å². The van der Waals surface area contributed by atoms with Crippen molar-refractivity contribution in [2.24, 2.45) is 5.92 Å². The van der Waals surface area contributed by atoms with Crippen molar-refractivity contribution < 1.29 is 22.7 Å². The third-order valence-electron chi connectivity index (χ3n) is 5.22. The number of hydrogen-bond donors (Lipinski definition) is 1. The van der Waals surface area contributed by atoms with Crippen molar-refractivity contribution in [1.82, 2.24) is 4.31 Å². The number of amides is 1. The lowest BCUT2D eigenvalue weighted by molar-refractivity contribution is -0.120. The first-order valence-corrected chi connectivity index (χ1v) is 11.2. The number of hydrogen-bond acceptors (Lipinski definition) is 5. The monoisotopic (exact) mass is 416 g/mol. The first-order chi connectivity index (χ1) is 14.0. The van der Waals surface area contributed by atoms with E-state index >= 15 is 0 Å². The van der Waals surface area contributed by atoms with E-state index in [1.807, 2.05) is 0 Å². The third kappa shape index (κ3) is 4.38. The van der Waals surface area contributed by atoms with Crippen LogP contribution in [-0.2, 0) is 14.8 Å². The quantitative estimate of drug-likeness (QED) is 0.828. The fourth-order valence-corrected chi connectivity index (χ4v) is 5.08. The number of piperidine rings is 1. The predicted octanol–water partition coefficient (Wildman–Crippen LogP) is 2.89. The minimum absolute atomic E-state index is 0.101. The number of ether oxygens (including phenoxy) is 2. The van der Waals surface area contributed by atoms with Crippen LogP contribution < -0.4 is 14.8 Å². The van der Waals surface area contributed by atoms with Gasteiger partial charge < -0.3 is 14.8 Å². The van der Waals surface area contributed by atoms with Gasteiger partial charge in [0.1, 0.15) is 0 Å². The molecule has 2 aromatic carbocycles. The van der Waals surface area contributed by atoms with Crippen LogP contribution >= 0.6 is 0 Å². The van der Waals surface area contributed by atoms with Crippen molar-refractivity contribution in [3.8, 4) is 11.5 Å². The van der Waals surface area contributed by atoms with E-state index in [1.54, 1.807) is 48.5 Å². The van der Waals surface area contributed by atoms with Gasteiger partial charge in [-0.05, 0) is 37.1 Å². The fourth-order valence-electron chi connectivity index (χ4n) is 3.59. The van der Waals surface area contributed by atoms with E-state index in [4.69, 9.17) is 9.47 Å². The molecular weight excluding hydrogens is 392 g/mol. The van der Waals surface area contributed by atoms with Crippen molar-refractivity contribution in [2.45, 2.75) is 24.2 Å². The van der Waals surface area contributed by atoms with Gasteiger partial charge in [0.25, 0.3) is 0 Å². The number of carbonyl (C=O) groups is 1. The SMILES string of the molecule is O=C(Nc1ccc2c(c1)OCCCO2)C1CCN(S(=O)(=O)c2ccccc2)CC1. The van der Waals surface area contributed by atoms with Crippen LogP contribution in [0, 0.1) is 5.92 Å². The molecule has 0 radical (unpaired) electrons. The highest BCUT2D eigenvalue weighted by molar-refractivity contribution is 7.89. The highest BCUT2D eigenvalue weighted by Gasteiger charge is 2.32. The van der Waals surface area contributed by atoms with Gasteiger partial charge in [0, 0.05) is 37.2 Å². The highest BCUT2D eigenvalue weighted by Crippen LogP contribution is 2.33. The Kier molecular flexibility index (Phi) is 5.73. The lowest BCUT2D eigenvalue weighted by atomic mass is 9.97. The zero-order valence-electron chi connectivity index (χ0n) is 16.0. The van der Waals surface area contributed by atoms with Crippen molar-refractivity contribution in [2.75, 3.05) is 31.6 Å². The number of benzene rings is 2. The molecule has 0 bridgehead atoms. The zero-order valence-corrected chi connectivity index (χ0v) is 16.9. The summed E-state index contributed by atoms with van der Waals surface area (Å²) in [4.78, 5) is 13.0. The Morgan fingerprint density at radius 1 is 0.966 bits per heavy atom. The van der Waals surface area contributed by atoms with E-state index in [-0.39, 0.29) is 16.7 Å². The first kappa shape index (κ1) is 19.7. The van der Waals surface area contributed by atoms with Crippen LogP contribution in [0.5, 0.6) is 11.5 Å². The third-order valence-corrected chi connectivity index (χ3v) is 7.13. The Morgan fingerprint density at radius 2 is 1.66 bits per heavy atom. The van der Waals surface area contributed by atoms with Crippen molar-refractivity contribution in [1.29, 1.82) is 0 Å². The van der Waals surface area contributed by atoms with Gasteiger partial charge in [0.05, 0.1) is 18.1 Å². The number of fused-ring (bicyclic) bond motifs is 1. The van der Waals surface area contributed by atoms with Gasteiger partial charge in [-0.15, -0.1) is 0 Å². The molecule has 0 aliphatic carbocycles. The predicted molar refractivity (Wildman–Crippen MR) is 109 cm³/mol. The second-order valence-corrected chi connectivity index (χ2v) is 9.13. The molecule has 2 aliphatic heterocycles. The number of rotatable bonds is 4. The van der Waals surface area contributed by atoms with E-state index in [9.17, 15) is 13.2 Å². The molecule has 2 heterocycles. The minimum Gasteiger partial charge on any atom is -0.490 e. The van der Waals surface area contributed by atoms with Gasteiger partial charge in [-0.1, -0.05) is 18.2 Å². The van der Waals surface area contributed by atoms with E-state index in [2.05, 4.69) is 5.32 Å². The number of sulfonamides is 1. The maximum Gasteiger partial charge on any atom is 0.243 e. The smallest absolute Gasteiger partial charge is 0.243 e. The molecule has 1 amide bonds. The first-order valence-electron chi connectivity index (χ1n) is 9.80. The Hall–Kier alpha value is -2.58. The second kappa shape index (κ2) is 8.42. The Morgan fingerprint density at radius 3 is 2.38 bits per heavy atom. The molecule has 8 heteroatoms. The maximum absolute atomic E-state index is 12.7. The van der Waals surface area contributed by atoms with Gasteiger partial charge in [-0.2, -0.15) is 4.31 Å². The van der Waals surface area contributed by atoms with Gasteiger partial charge in [0.2, 0.25) is 15.9 Å². The molecule has 2 aliphatic rings. The van der Waals surface area contributed by atoms with Gasteiger partial charge in [-0.25, -0.2) is 8.42 Å². The summed E-state index contributed by atoms with van der Waals surface area (Å²) in [7, 11) is -3.51. The van der Waals surface area contributed by atoms with E-state index in [0.717, 1.165) is 6.42 Å². The van der Waals surface area contributed by atoms with E-state index in [1.165, 1.54) is 4.31 Å². The Bertz CT molecular complexity index is 970. The second-order valence-electron chi connectivity index (χ2n) is 7.19. The van der Waals surface area contributed by atoms with Gasteiger partial charge in [0.15, 0.2) is 11.5 Å². The molecule has 7 nitrogen and oxygen atoms in total. The molecule has 1 fully saturated rings. The summed E-state index contributed by atoms with van der Waals surface area (Å²) in [5, 5.41) is 2.92. The number of nitrogens with one attached hydrogen (secondary N) is 1. The lowest BCUT2D eigenvalue weighted by Gasteiger charge is -2.30. The Balaban J connectivity index is 1.37. The van der Waals surface area contributed by atoms with Crippen LogP contribution in [0.25, 0.3) is 0 Å². The molecule has 2 aromatic rings. The minimum atomic E-state index is -3.51. The summed E-state index contributed by atoms with van der Waals surface area (Å²) < 4.78 is 38.2. The molecule has 0 atom stereocenters. The molecule has 0 unspecified atom stereocenters. The van der Waals surface area contributed by atoms with Crippen LogP contribution in [0.3, 0.4) is 0 Å². The van der Waals surface area contributed by atoms with Crippen LogP contribution in [0.4, 0.5) is 5.69 Å². The van der Waals surface area contributed by atoms with E-state index < -0.39 is 10.0 Å². The summed E-state index contributed by atoms with van der Waals surface area (Å²) >= 11 is 0. The average molecular weight is 416 g/mol. The molecule has 1 saturated heterocycles. The molecule has 29 heavy (non-hydrogen) atoms. The molecular formula is C21H24N2O5S. The molecule has 1 N–H and O–H groups in total. The number of carbonyl (C=O) groups excluding carboxylic acids is 1. The molecule has 0 saturated carbocycles. The summed E-state index contributed by atoms with van der Waals surface area (Å²) in [5.41, 5.74) is 0.651. The summed E-state index contributed by atoms with van der Waals surface area (Å²) in [6.07, 6.45) is 1.80. The highest BCUT2D eigenvalue weighted by atomic mass is 32.2. The van der Waals surface area contributed by atoms with Crippen LogP contribution in [0.15, 0.2) is 53.4 Å². The number of anilines is 1. The van der Waals surface area contributed by atoms with Crippen LogP contribution in [-0.4, -0.2) is 44.9 Å². The lowest BCUT2D eigenvalue weighted by Crippen LogP contribution is -2.41. The topological polar surface area (TPSA) is 84.9 Å². The largest absolute Gasteiger partial charge is 0.490 e. The average Bonchev–Trinajstić information content (AvgIpc) is 2.99. The molecule has 0 spiro atoms. The van der Waals surface area contributed by atoms with Crippen molar-refractivity contribution in [3.05, 3.63) is 48.5 Å². The molecule has 154 valence electrons. The summed E-state index contributed by atoms with van der Waals surface area (Å²) in [6.45, 7) is 1.86. The van der Waals surface area contributed by atoms with Crippen molar-refractivity contribution in [3.63, 3.8) is 0 Å². The maximum atomic E-state index is 12.7. The zero-order chi connectivity index (χ0) is 20.3. The van der Waals surface area contributed by atoms with Gasteiger partial charge in [-0.3, -0.25) is 4.79 Å². The van der Waals surface area contributed by atoms with E-state index in [0.29, 0.717) is 56.3 Å². The standard InChI is InChI=1S/C21H24N2O5S/c24-21(22-17-7-8-19-20(15-17)28-14-4-13-27-19)16-9-11-23(12-10-16)29(25,26)18-5-2-1-3-6-18/h1-3,5-8,15-16H,4,9-14H2,(H,22,24). The normalized spacial score (nSPS) is 18.1. The summed E-state index contributed by atoms with van der Waals surface area (Å²) in [5.74, 6) is 0.980. The van der Waals surface area contributed by atoms with Crippen LogP contribution in [0.2, 0.25) is 0 Å². The molecule has 0 aromatic heterocycles. The fraction of sp³-hybridized carbons (Fsp3) is 0.381. The van der Waals surface area contributed by atoms with Gasteiger partial charge >= 0.3 is 0 Å². The number of nitrogens with zero attached hydrogens (tertiary/aromatic N) is 1. The van der Waals surface area contributed by atoms with Crippen molar-refractivity contribution >= 4 is 21.6 Å².